The van der Waals surface area contributed by atoms with Crippen LogP contribution in [0.2, 0.25) is 0 Å². The molecular weight excluding hydrogens is 303 g/mol. The van der Waals surface area contributed by atoms with Gasteiger partial charge in [0.1, 0.15) is 12.4 Å². The minimum absolute atomic E-state index is 0.0925. The molecule has 1 amide bonds. The Morgan fingerprint density at radius 1 is 1.04 bits per heavy atom. The molecule has 0 aromatic heterocycles. The van der Waals surface area contributed by atoms with E-state index in [1.165, 1.54) is 35.4 Å². The number of quaternary nitrogens is 1. The Morgan fingerprint density at radius 2 is 1.75 bits per heavy atom. The highest BCUT2D eigenvalue weighted by atomic mass is 19.1. The number of halogens is 1. The smallest absolute Gasteiger partial charge is 0.275 e. The van der Waals surface area contributed by atoms with Crippen molar-refractivity contribution < 1.29 is 14.1 Å². The lowest BCUT2D eigenvalue weighted by Gasteiger charge is -2.19. The summed E-state index contributed by atoms with van der Waals surface area (Å²) in [6.07, 6.45) is 3.20. The summed E-state index contributed by atoms with van der Waals surface area (Å²) in [7, 11) is 0. The maximum atomic E-state index is 13.0. The molecule has 0 aliphatic heterocycles. The van der Waals surface area contributed by atoms with Crippen LogP contribution in [0.5, 0.6) is 0 Å². The summed E-state index contributed by atoms with van der Waals surface area (Å²) >= 11 is 0. The number of carbonyl (C=O) groups excluding carboxylic acids is 1. The van der Waals surface area contributed by atoms with Gasteiger partial charge in [-0.05, 0) is 24.1 Å². The third-order valence-electron chi connectivity index (χ3n) is 4.47. The Kier molecular flexibility index (Phi) is 5.59. The van der Waals surface area contributed by atoms with Crippen LogP contribution < -0.4 is 10.2 Å². The second kappa shape index (κ2) is 8.06. The zero-order chi connectivity index (χ0) is 16.8. The van der Waals surface area contributed by atoms with Crippen molar-refractivity contribution in [3.63, 3.8) is 0 Å². The molecule has 126 valence electrons. The third kappa shape index (κ3) is 5.17. The first-order chi connectivity index (χ1) is 11.7. The fourth-order valence-corrected chi connectivity index (χ4v) is 2.97. The van der Waals surface area contributed by atoms with Gasteiger partial charge in [-0.15, -0.1) is 0 Å². The summed E-state index contributed by atoms with van der Waals surface area (Å²) < 4.78 is 13.0. The average molecular weight is 327 g/mol. The summed E-state index contributed by atoms with van der Waals surface area (Å²) in [4.78, 5) is 13.5. The molecule has 4 heteroatoms. The third-order valence-corrected chi connectivity index (χ3v) is 4.47. The van der Waals surface area contributed by atoms with Gasteiger partial charge >= 0.3 is 0 Å². The molecule has 1 atom stereocenters. The number of benzene rings is 2. The van der Waals surface area contributed by atoms with Gasteiger partial charge < -0.3 is 10.2 Å². The Hall–Kier alpha value is -2.20. The van der Waals surface area contributed by atoms with Crippen LogP contribution in [0.3, 0.4) is 0 Å². The van der Waals surface area contributed by atoms with E-state index >= 15 is 0 Å². The quantitative estimate of drug-likeness (QED) is 0.761. The molecule has 0 saturated heterocycles. The Bertz CT molecular complexity index is 653. The first kappa shape index (κ1) is 16.7. The predicted molar refractivity (Wildman–Crippen MR) is 92.1 cm³/mol. The summed E-state index contributed by atoms with van der Waals surface area (Å²) in [5.74, 6) is -0.125. The normalized spacial score (nSPS) is 15.0. The van der Waals surface area contributed by atoms with E-state index < -0.39 is 0 Å². The second-order valence-corrected chi connectivity index (χ2v) is 6.50. The van der Waals surface area contributed by atoms with Gasteiger partial charge in [0.25, 0.3) is 5.91 Å². The van der Waals surface area contributed by atoms with Crippen molar-refractivity contribution in [3.05, 3.63) is 71.5 Å². The van der Waals surface area contributed by atoms with Crippen molar-refractivity contribution in [3.8, 4) is 0 Å². The SMILES string of the molecule is O=C(C[NH+](Cc1ccc(F)cc1)C1CC1)NCCc1ccccc1. The van der Waals surface area contributed by atoms with E-state index in [1.54, 1.807) is 0 Å². The monoisotopic (exact) mass is 327 g/mol. The zero-order valence-electron chi connectivity index (χ0n) is 13.8. The van der Waals surface area contributed by atoms with Gasteiger partial charge in [-0.2, -0.15) is 0 Å². The van der Waals surface area contributed by atoms with Crippen molar-refractivity contribution >= 4 is 5.91 Å². The largest absolute Gasteiger partial charge is 0.351 e. The number of rotatable bonds is 8. The molecule has 2 aromatic rings. The summed E-state index contributed by atoms with van der Waals surface area (Å²) in [5, 5.41) is 3.02. The van der Waals surface area contributed by atoms with Crippen LogP contribution in [0, 0.1) is 5.82 Å². The topological polar surface area (TPSA) is 33.5 Å². The number of carbonyl (C=O) groups is 1. The van der Waals surface area contributed by atoms with Gasteiger partial charge in [-0.3, -0.25) is 4.79 Å². The molecule has 0 bridgehead atoms. The molecule has 1 fully saturated rings. The van der Waals surface area contributed by atoms with Gasteiger partial charge in [-0.1, -0.05) is 42.5 Å². The maximum absolute atomic E-state index is 13.0. The van der Waals surface area contributed by atoms with Crippen molar-refractivity contribution in [2.45, 2.75) is 31.8 Å². The summed E-state index contributed by atoms with van der Waals surface area (Å²) in [6.45, 7) is 1.92. The molecule has 1 unspecified atom stereocenters. The van der Waals surface area contributed by atoms with E-state index in [0.717, 1.165) is 18.5 Å². The minimum atomic E-state index is -0.217. The molecule has 0 heterocycles. The van der Waals surface area contributed by atoms with Gasteiger partial charge in [0.15, 0.2) is 6.54 Å². The van der Waals surface area contributed by atoms with Gasteiger partial charge in [0.2, 0.25) is 0 Å². The Labute approximate surface area is 142 Å². The van der Waals surface area contributed by atoms with E-state index in [2.05, 4.69) is 17.4 Å². The van der Waals surface area contributed by atoms with E-state index in [4.69, 9.17) is 0 Å². The van der Waals surface area contributed by atoms with E-state index in [9.17, 15) is 9.18 Å². The van der Waals surface area contributed by atoms with E-state index in [1.807, 2.05) is 30.3 Å². The van der Waals surface area contributed by atoms with Crippen LogP contribution in [0.1, 0.15) is 24.0 Å². The van der Waals surface area contributed by atoms with Crippen LogP contribution in [-0.4, -0.2) is 25.0 Å². The van der Waals surface area contributed by atoms with E-state index in [-0.39, 0.29) is 11.7 Å². The van der Waals surface area contributed by atoms with Crippen LogP contribution >= 0.6 is 0 Å². The highest BCUT2D eigenvalue weighted by Crippen LogP contribution is 2.15. The first-order valence-corrected chi connectivity index (χ1v) is 8.60. The molecule has 0 radical (unpaired) electrons. The molecule has 0 spiro atoms. The summed E-state index contributed by atoms with van der Waals surface area (Å²) in [5.41, 5.74) is 2.31. The second-order valence-electron chi connectivity index (χ2n) is 6.50. The maximum Gasteiger partial charge on any atom is 0.275 e. The number of hydrogen-bond donors (Lipinski definition) is 2. The van der Waals surface area contributed by atoms with Crippen LogP contribution in [-0.2, 0) is 17.8 Å². The molecule has 3 rings (SSSR count). The predicted octanol–water partition coefficient (Wildman–Crippen LogP) is 1.73. The van der Waals surface area contributed by atoms with Crippen molar-refractivity contribution in [1.29, 1.82) is 0 Å². The van der Waals surface area contributed by atoms with Crippen LogP contribution in [0.4, 0.5) is 4.39 Å². The lowest BCUT2D eigenvalue weighted by atomic mass is 10.1. The van der Waals surface area contributed by atoms with Gasteiger partial charge in [0.05, 0.1) is 6.04 Å². The molecule has 24 heavy (non-hydrogen) atoms. The highest BCUT2D eigenvalue weighted by Gasteiger charge is 2.34. The highest BCUT2D eigenvalue weighted by molar-refractivity contribution is 5.76. The molecule has 1 saturated carbocycles. The number of nitrogens with one attached hydrogen (secondary N) is 2. The first-order valence-electron chi connectivity index (χ1n) is 8.60. The van der Waals surface area contributed by atoms with Crippen molar-refractivity contribution in [1.82, 2.24) is 5.32 Å². The fourth-order valence-electron chi connectivity index (χ4n) is 2.97. The lowest BCUT2D eigenvalue weighted by Crippen LogP contribution is -3.13. The van der Waals surface area contributed by atoms with Crippen molar-refractivity contribution in [2.75, 3.05) is 13.1 Å². The van der Waals surface area contributed by atoms with Gasteiger partial charge in [0, 0.05) is 24.9 Å². The Balaban J connectivity index is 1.46. The molecule has 1 aliphatic rings. The molecule has 2 aromatic carbocycles. The summed E-state index contributed by atoms with van der Waals surface area (Å²) in [6, 6.07) is 17.3. The fraction of sp³-hybridized carbons (Fsp3) is 0.350. The molecule has 1 aliphatic carbocycles. The van der Waals surface area contributed by atoms with Gasteiger partial charge in [-0.25, -0.2) is 4.39 Å². The molecular formula is C20H24FN2O+. The minimum Gasteiger partial charge on any atom is -0.351 e. The zero-order valence-corrected chi connectivity index (χ0v) is 13.8. The molecule has 3 nitrogen and oxygen atoms in total. The van der Waals surface area contributed by atoms with Crippen LogP contribution in [0.25, 0.3) is 0 Å². The lowest BCUT2D eigenvalue weighted by molar-refractivity contribution is -0.917. The standard InChI is InChI=1S/C20H23FN2O/c21-18-8-6-17(7-9-18)14-23(19-10-11-19)15-20(24)22-13-12-16-4-2-1-3-5-16/h1-9,19H,10-15H2,(H,22,24)/p+1. The number of amides is 1. The Morgan fingerprint density at radius 3 is 2.42 bits per heavy atom. The van der Waals surface area contributed by atoms with Crippen molar-refractivity contribution in [2.24, 2.45) is 0 Å². The van der Waals surface area contributed by atoms with E-state index in [0.29, 0.717) is 19.1 Å². The number of hydrogen-bond acceptors (Lipinski definition) is 1. The molecule has 2 N–H and O–H groups in total. The average Bonchev–Trinajstić information content (AvgIpc) is 3.42. The van der Waals surface area contributed by atoms with Crippen LogP contribution in [0.15, 0.2) is 54.6 Å².